The standard InChI is InChI=1S/C38H20N4O/c1-5-14-30-25(9-1)34-32(19-17-24-22-8-2-6-15-33(22)43-37(24)34)41(30)21-16-18-31-27(20-21)23-10-7-11-26-35-38(42(31)36(23)26)40-29-13-4-3-12-28(29)39-35/h1-20H. The molecule has 0 unspecified atom stereocenters. The van der Waals surface area contributed by atoms with Crippen LogP contribution in [0.5, 0.6) is 0 Å². The van der Waals surface area contributed by atoms with Gasteiger partial charge in [0, 0.05) is 38.0 Å². The Kier molecular flexibility index (Phi) is 3.78. The van der Waals surface area contributed by atoms with Crippen LogP contribution in [0.15, 0.2) is 126 Å². The molecular formula is C38H20N4O. The average Bonchev–Trinajstić information content (AvgIpc) is 3.78. The van der Waals surface area contributed by atoms with Crippen LogP contribution in [0.1, 0.15) is 0 Å². The number of fused-ring (bicyclic) bond motifs is 14. The summed E-state index contributed by atoms with van der Waals surface area (Å²) in [6, 6.07) is 42.8. The fourth-order valence-electron chi connectivity index (χ4n) is 7.45. The van der Waals surface area contributed by atoms with Gasteiger partial charge in [-0.05, 0) is 54.6 Å². The van der Waals surface area contributed by atoms with E-state index in [-0.39, 0.29) is 0 Å². The molecule has 5 nitrogen and oxygen atoms in total. The second-order valence-corrected chi connectivity index (χ2v) is 11.4. The molecule has 11 aromatic rings. The smallest absolute Gasteiger partial charge is 0.165 e. The molecule has 198 valence electrons. The number of hydrogen-bond acceptors (Lipinski definition) is 3. The maximum atomic E-state index is 6.51. The molecular weight excluding hydrogens is 528 g/mol. The summed E-state index contributed by atoms with van der Waals surface area (Å²) >= 11 is 0. The molecule has 0 aliphatic heterocycles. The summed E-state index contributed by atoms with van der Waals surface area (Å²) in [6.07, 6.45) is 0. The van der Waals surface area contributed by atoms with E-state index in [1.165, 1.54) is 21.7 Å². The van der Waals surface area contributed by atoms with E-state index < -0.39 is 0 Å². The molecule has 6 aromatic carbocycles. The number of rotatable bonds is 1. The van der Waals surface area contributed by atoms with E-state index in [9.17, 15) is 0 Å². The van der Waals surface area contributed by atoms with Gasteiger partial charge in [-0.15, -0.1) is 0 Å². The molecule has 43 heavy (non-hydrogen) atoms. The predicted octanol–water partition coefficient (Wildman–Crippen LogP) is 9.78. The van der Waals surface area contributed by atoms with Crippen molar-refractivity contribution in [1.29, 1.82) is 0 Å². The molecule has 0 atom stereocenters. The van der Waals surface area contributed by atoms with Gasteiger partial charge in [-0.25, -0.2) is 9.97 Å². The van der Waals surface area contributed by atoms with Crippen LogP contribution < -0.4 is 0 Å². The molecule has 0 radical (unpaired) electrons. The zero-order valence-corrected chi connectivity index (χ0v) is 22.7. The van der Waals surface area contributed by atoms with Crippen molar-refractivity contribution in [3.63, 3.8) is 0 Å². The fourth-order valence-corrected chi connectivity index (χ4v) is 7.45. The van der Waals surface area contributed by atoms with Crippen LogP contribution in [-0.4, -0.2) is 18.9 Å². The van der Waals surface area contributed by atoms with Crippen molar-refractivity contribution in [2.75, 3.05) is 0 Å². The number of benzene rings is 6. The quantitative estimate of drug-likeness (QED) is 0.205. The van der Waals surface area contributed by atoms with Gasteiger partial charge in [0.15, 0.2) is 5.65 Å². The molecule has 0 aliphatic rings. The summed E-state index contributed by atoms with van der Waals surface area (Å²) in [4.78, 5) is 10.1. The Hall–Kier alpha value is -5.94. The zero-order valence-electron chi connectivity index (χ0n) is 22.7. The molecule has 5 aromatic heterocycles. The Bertz CT molecular complexity index is 2960. The highest BCUT2D eigenvalue weighted by molar-refractivity contribution is 6.25. The van der Waals surface area contributed by atoms with E-state index in [4.69, 9.17) is 14.4 Å². The van der Waals surface area contributed by atoms with Gasteiger partial charge in [-0.2, -0.15) is 0 Å². The van der Waals surface area contributed by atoms with Crippen molar-refractivity contribution in [3.05, 3.63) is 121 Å². The van der Waals surface area contributed by atoms with E-state index in [1.54, 1.807) is 0 Å². The minimum Gasteiger partial charge on any atom is -0.455 e. The first-order chi connectivity index (χ1) is 21.3. The van der Waals surface area contributed by atoms with Gasteiger partial charge < -0.3 is 8.98 Å². The molecule has 11 rings (SSSR count). The van der Waals surface area contributed by atoms with E-state index in [2.05, 4.69) is 93.9 Å². The summed E-state index contributed by atoms with van der Waals surface area (Å²) in [7, 11) is 0. The first-order valence-electron chi connectivity index (χ1n) is 14.5. The predicted molar refractivity (Wildman–Crippen MR) is 176 cm³/mol. The van der Waals surface area contributed by atoms with Crippen LogP contribution in [-0.2, 0) is 0 Å². The Morgan fingerprint density at radius 1 is 0.512 bits per heavy atom. The third-order valence-corrected chi connectivity index (χ3v) is 9.23. The highest BCUT2D eigenvalue weighted by Gasteiger charge is 2.22. The normalized spacial score (nSPS) is 12.7. The molecule has 5 heterocycles. The number of aromatic nitrogens is 4. The van der Waals surface area contributed by atoms with Crippen LogP contribution >= 0.6 is 0 Å². The van der Waals surface area contributed by atoms with Crippen LogP contribution in [0.2, 0.25) is 0 Å². The lowest BCUT2D eigenvalue weighted by Gasteiger charge is -2.09. The third-order valence-electron chi connectivity index (χ3n) is 9.23. The second kappa shape index (κ2) is 7.46. The molecule has 0 aliphatic carbocycles. The molecule has 0 saturated carbocycles. The van der Waals surface area contributed by atoms with Crippen LogP contribution in [0, 0.1) is 0 Å². The summed E-state index contributed by atoms with van der Waals surface area (Å²) in [5.74, 6) is 0. The van der Waals surface area contributed by atoms with Crippen molar-refractivity contribution < 1.29 is 4.42 Å². The third kappa shape index (κ3) is 2.59. The first-order valence-corrected chi connectivity index (χ1v) is 14.5. The molecule has 0 saturated heterocycles. The first kappa shape index (κ1) is 21.8. The second-order valence-electron chi connectivity index (χ2n) is 11.4. The van der Waals surface area contributed by atoms with Crippen molar-refractivity contribution in [2.45, 2.75) is 0 Å². The topological polar surface area (TPSA) is 48.3 Å². The highest BCUT2D eigenvalue weighted by Crippen LogP contribution is 2.42. The lowest BCUT2D eigenvalue weighted by molar-refractivity contribution is 0.673. The lowest BCUT2D eigenvalue weighted by atomic mass is 10.1. The SMILES string of the molecule is c1ccc2nc3c(nc2c1)c1cccc2c4cc(-n5c6ccccc6c6c7oc8ccccc8c7ccc65)ccc4n3c21. The van der Waals surface area contributed by atoms with E-state index >= 15 is 0 Å². The van der Waals surface area contributed by atoms with Gasteiger partial charge in [-0.3, -0.25) is 4.40 Å². The molecule has 0 amide bonds. The Morgan fingerprint density at radius 2 is 1.26 bits per heavy atom. The largest absolute Gasteiger partial charge is 0.455 e. The molecule has 0 fully saturated rings. The van der Waals surface area contributed by atoms with Crippen molar-refractivity contribution in [3.8, 4) is 5.69 Å². The Morgan fingerprint density at radius 3 is 2.19 bits per heavy atom. The van der Waals surface area contributed by atoms with Gasteiger partial charge >= 0.3 is 0 Å². The number of nitrogens with zero attached hydrogens (tertiary/aromatic N) is 4. The lowest BCUT2D eigenvalue weighted by Crippen LogP contribution is -1.94. The van der Waals surface area contributed by atoms with E-state index in [0.717, 1.165) is 77.1 Å². The van der Waals surface area contributed by atoms with E-state index in [0.29, 0.717) is 0 Å². The van der Waals surface area contributed by atoms with Crippen molar-refractivity contribution >= 4 is 93.1 Å². The van der Waals surface area contributed by atoms with Gasteiger partial charge in [0.05, 0.1) is 38.5 Å². The van der Waals surface area contributed by atoms with Crippen LogP contribution in [0.3, 0.4) is 0 Å². The molecule has 5 heteroatoms. The summed E-state index contributed by atoms with van der Waals surface area (Å²) in [5, 5.41) is 8.16. The fraction of sp³-hybridized carbons (Fsp3) is 0. The van der Waals surface area contributed by atoms with Crippen LogP contribution in [0.4, 0.5) is 0 Å². The van der Waals surface area contributed by atoms with Gasteiger partial charge in [-0.1, -0.05) is 66.7 Å². The van der Waals surface area contributed by atoms with Crippen molar-refractivity contribution in [2.24, 2.45) is 0 Å². The van der Waals surface area contributed by atoms with E-state index in [1.807, 2.05) is 36.4 Å². The molecule has 0 bridgehead atoms. The maximum absolute atomic E-state index is 6.51. The Labute approximate surface area is 243 Å². The average molecular weight is 549 g/mol. The summed E-state index contributed by atoms with van der Waals surface area (Å²) in [6.45, 7) is 0. The Balaban J connectivity index is 1.26. The summed E-state index contributed by atoms with van der Waals surface area (Å²) < 4.78 is 11.2. The maximum Gasteiger partial charge on any atom is 0.165 e. The number of hydrogen-bond donors (Lipinski definition) is 0. The van der Waals surface area contributed by atoms with Gasteiger partial charge in [0.1, 0.15) is 16.7 Å². The zero-order chi connectivity index (χ0) is 27.8. The molecule has 0 N–H and O–H groups in total. The molecule has 0 spiro atoms. The van der Waals surface area contributed by atoms with Gasteiger partial charge in [0.25, 0.3) is 0 Å². The monoisotopic (exact) mass is 548 g/mol. The minimum atomic E-state index is 0.900. The minimum absolute atomic E-state index is 0.900. The van der Waals surface area contributed by atoms with Crippen LogP contribution in [0.25, 0.3) is 98.8 Å². The number of para-hydroxylation sites is 5. The summed E-state index contributed by atoms with van der Waals surface area (Å²) in [5.41, 5.74) is 11.2. The number of furan rings is 1. The highest BCUT2D eigenvalue weighted by atomic mass is 16.3. The van der Waals surface area contributed by atoms with Crippen molar-refractivity contribution in [1.82, 2.24) is 18.9 Å². The van der Waals surface area contributed by atoms with Gasteiger partial charge in [0.2, 0.25) is 0 Å².